The number of benzene rings is 2. The number of ether oxygens (including phenoxy) is 1. The van der Waals surface area contributed by atoms with Gasteiger partial charge in [-0.25, -0.2) is 4.39 Å². The fraction of sp³-hybridized carbons (Fsp3) is 0.318. The SMILES string of the molecule is COc1cc(O)c(C(=O)/C=C/c2ccc(F)cc2)cc1CN1CCCCC1. The number of aromatic hydroxyl groups is 1. The number of carbonyl (C=O) groups excluding carboxylic acids is 1. The number of phenols is 1. The lowest BCUT2D eigenvalue weighted by atomic mass is 10.0. The number of phenolic OH excluding ortho intramolecular Hbond substituents is 1. The van der Waals surface area contributed by atoms with Gasteiger partial charge in [-0.15, -0.1) is 0 Å². The molecular weight excluding hydrogens is 345 g/mol. The predicted molar refractivity (Wildman–Crippen MR) is 104 cm³/mol. The molecule has 2 aromatic carbocycles. The van der Waals surface area contributed by atoms with Crippen molar-refractivity contribution in [1.29, 1.82) is 0 Å². The third-order valence-electron chi connectivity index (χ3n) is 4.80. The van der Waals surface area contributed by atoms with Crippen molar-refractivity contribution in [2.75, 3.05) is 20.2 Å². The summed E-state index contributed by atoms with van der Waals surface area (Å²) in [5.41, 5.74) is 1.84. The first-order valence-corrected chi connectivity index (χ1v) is 9.17. The van der Waals surface area contributed by atoms with Gasteiger partial charge in [0.2, 0.25) is 0 Å². The van der Waals surface area contributed by atoms with Gasteiger partial charge in [-0.3, -0.25) is 9.69 Å². The van der Waals surface area contributed by atoms with E-state index in [1.807, 2.05) is 0 Å². The Labute approximate surface area is 158 Å². The molecule has 27 heavy (non-hydrogen) atoms. The van der Waals surface area contributed by atoms with E-state index >= 15 is 0 Å². The Kier molecular flexibility index (Phi) is 6.24. The Morgan fingerprint density at radius 2 is 1.89 bits per heavy atom. The van der Waals surface area contributed by atoms with Crippen molar-refractivity contribution in [3.63, 3.8) is 0 Å². The fourth-order valence-corrected chi connectivity index (χ4v) is 3.32. The van der Waals surface area contributed by atoms with Crippen molar-refractivity contribution in [1.82, 2.24) is 4.90 Å². The molecule has 1 saturated heterocycles. The maximum Gasteiger partial charge on any atom is 0.189 e. The maximum absolute atomic E-state index is 13.0. The topological polar surface area (TPSA) is 49.8 Å². The molecular formula is C22H24FNO3. The zero-order valence-corrected chi connectivity index (χ0v) is 15.5. The normalized spacial score (nSPS) is 15.2. The minimum atomic E-state index is -0.325. The molecule has 0 aliphatic carbocycles. The molecule has 0 spiro atoms. The quantitative estimate of drug-likeness (QED) is 0.605. The summed E-state index contributed by atoms with van der Waals surface area (Å²) in [6.45, 7) is 2.74. The summed E-state index contributed by atoms with van der Waals surface area (Å²) in [5.74, 6) is -0.159. The van der Waals surface area contributed by atoms with Gasteiger partial charge in [0.15, 0.2) is 5.78 Å². The number of likely N-dealkylation sites (tertiary alicyclic amines) is 1. The fourth-order valence-electron chi connectivity index (χ4n) is 3.32. The average Bonchev–Trinajstić information content (AvgIpc) is 2.69. The Morgan fingerprint density at radius 1 is 1.19 bits per heavy atom. The molecule has 0 atom stereocenters. The molecule has 1 fully saturated rings. The molecule has 0 radical (unpaired) electrons. The maximum atomic E-state index is 13.0. The van der Waals surface area contributed by atoms with Crippen LogP contribution < -0.4 is 4.74 Å². The lowest BCUT2D eigenvalue weighted by Gasteiger charge is -2.27. The summed E-state index contributed by atoms with van der Waals surface area (Å²) in [4.78, 5) is 14.9. The van der Waals surface area contributed by atoms with Gasteiger partial charge >= 0.3 is 0 Å². The van der Waals surface area contributed by atoms with Crippen LogP contribution in [-0.2, 0) is 6.54 Å². The molecule has 0 saturated carbocycles. The second-order valence-electron chi connectivity index (χ2n) is 6.77. The van der Waals surface area contributed by atoms with Crippen LogP contribution in [0.5, 0.6) is 11.5 Å². The molecule has 0 bridgehead atoms. The Balaban J connectivity index is 1.81. The lowest BCUT2D eigenvalue weighted by Crippen LogP contribution is -2.29. The van der Waals surface area contributed by atoms with Crippen LogP contribution in [0.1, 0.15) is 40.7 Å². The number of rotatable bonds is 6. The van der Waals surface area contributed by atoms with Gasteiger partial charge in [0.25, 0.3) is 0 Å². The summed E-state index contributed by atoms with van der Waals surface area (Å²) in [6, 6.07) is 9.07. The number of allylic oxidation sites excluding steroid dienone is 1. The van der Waals surface area contributed by atoms with E-state index in [0.717, 1.165) is 18.7 Å². The van der Waals surface area contributed by atoms with Gasteiger partial charge in [-0.2, -0.15) is 0 Å². The number of nitrogens with zero attached hydrogens (tertiary/aromatic N) is 1. The number of halogens is 1. The average molecular weight is 369 g/mol. The van der Waals surface area contributed by atoms with E-state index in [1.54, 1.807) is 31.4 Å². The zero-order valence-electron chi connectivity index (χ0n) is 15.5. The monoisotopic (exact) mass is 369 g/mol. The number of methoxy groups -OCH3 is 1. The van der Waals surface area contributed by atoms with Crippen LogP contribution in [0.4, 0.5) is 4.39 Å². The van der Waals surface area contributed by atoms with Crippen molar-refractivity contribution < 1.29 is 19.0 Å². The molecule has 5 heteroatoms. The van der Waals surface area contributed by atoms with Gasteiger partial charge in [-0.1, -0.05) is 24.6 Å². The van der Waals surface area contributed by atoms with Crippen LogP contribution in [0.3, 0.4) is 0 Å². The molecule has 0 amide bonds. The van der Waals surface area contributed by atoms with E-state index in [4.69, 9.17) is 4.74 Å². The van der Waals surface area contributed by atoms with Crippen molar-refractivity contribution in [2.45, 2.75) is 25.8 Å². The van der Waals surface area contributed by atoms with Gasteiger partial charge in [-0.05, 0) is 55.8 Å². The van der Waals surface area contributed by atoms with E-state index in [2.05, 4.69) is 4.90 Å². The first-order valence-electron chi connectivity index (χ1n) is 9.17. The first kappa shape index (κ1) is 19.1. The van der Waals surface area contributed by atoms with E-state index in [9.17, 15) is 14.3 Å². The molecule has 3 rings (SSSR count). The molecule has 1 aliphatic heterocycles. The molecule has 4 nitrogen and oxygen atoms in total. The van der Waals surface area contributed by atoms with Gasteiger partial charge in [0.1, 0.15) is 17.3 Å². The van der Waals surface area contributed by atoms with Gasteiger partial charge < -0.3 is 9.84 Å². The van der Waals surface area contributed by atoms with Crippen LogP contribution in [-0.4, -0.2) is 36.0 Å². The van der Waals surface area contributed by atoms with Crippen LogP contribution >= 0.6 is 0 Å². The number of hydrogen-bond donors (Lipinski definition) is 1. The lowest BCUT2D eigenvalue weighted by molar-refractivity contribution is 0.104. The molecule has 1 aliphatic rings. The van der Waals surface area contributed by atoms with Crippen molar-refractivity contribution in [3.8, 4) is 11.5 Å². The third kappa shape index (κ3) is 4.95. The van der Waals surface area contributed by atoms with E-state index < -0.39 is 0 Å². The highest BCUT2D eigenvalue weighted by atomic mass is 19.1. The largest absolute Gasteiger partial charge is 0.507 e. The second-order valence-corrected chi connectivity index (χ2v) is 6.77. The molecule has 0 aromatic heterocycles. The highest BCUT2D eigenvalue weighted by molar-refractivity contribution is 6.08. The summed E-state index contributed by atoms with van der Waals surface area (Å²) in [7, 11) is 1.56. The molecule has 0 unspecified atom stereocenters. The number of piperidine rings is 1. The van der Waals surface area contributed by atoms with Crippen LogP contribution in [0, 0.1) is 5.82 Å². The van der Waals surface area contributed by atoms with Crippen molar-refractivity contribution >= 4 is 11.9 Å². The molecule has 1 N–H and O–H groups in total. The zero-order chi connectivity index (χ0) is 19.2. The summed E-state index contributed by atoms with van der Waals surface area (Å²) in [6.07, 6.45) is 6.59. The van der Waals surface area contributed by atoms with Gasteiger partial charge in [0, 0.05) is 18.2 Å². The van der Waals surface area contributed by atoms with E-state index in [0.29, 0.717) is 17.9 Å². The highest BCUT2D eigenvalue weighted by Gasteiger charge is 2.17. The van der Waals surface area contributed by atoms with Crippen LogP contribution in [0.15, 0.2) is 42.5 Å². The minimum Gasteiger partial charge on any atom is -0.507 e. The third-order valence-corrected chi connectivity index (χ3v) is 4.80. The molecule has 2 aromatic rings. The molecule has 142 valence electrons. The van der Waals surface area contributed by atoms with Gasteiger partial charge in [0.05, 0.1) is 12.7 Å². The second kappa shape index (κ2) is 8.82. The highest BCUT2D eigenvalue weighted by Crippen LogP contribution is 2.30. The van der Waals surface area contributed by atoms with Crippen LogP contribution in [0.2, 0.25) is 0 Å². The predicted octanol–water partition coefficient (Wildman–Crippen LogP) is 4.42. The van der Waals surface area contributed by atoms with E-state index in [-0.39, 0.29) is 22.9 Å². The number of carbonyl (C=O) groups is 1. The van der Waals surface area contributed by atoms with Crippen molar-refractivity contribution in [3.05, 3.63) is 65.0 Å². The Bertz CT molecular complexity index is 824. The molecule has 1 heterocycles. The Hall–Kier alpha value is -2.66. The summed E-state index contributed by atoms with van der Waals surface area (Å²) >= 11 is 0. The summed E-state index contributed by atoms with van der Waals surface area (Å²) in [5, 5.41) is 10.3. The number of ketones is 1. The van der Waals surface area contributed by atoms with Crippen molar-refractivity contribution in [2.24, 2.45) is 0 Å². The summed E-state index contributed by atoms with van der Waals surface area (Å²) < 4.78 is 18.4. The Morgan fingerprint density at radius 3 is 2.56 bits per heavy atom. The van der Waals surface area contributed by atoms with Crippen LogP contribution in [0.25, 0.3) is 6.08 Å². The number of hydrogen-bond acceptors (Lipinski definition) is 4. The minimum absolute atomic E-state index is 0.108. The van der Waals surface area contributed by atoms with E-state index in [1.165, 1.54) is 43.5 Å². The first-order chi connectivity index (χ1) is 13.1. The smallest absolute Gasteiger partial charge is 0.189 e. The standard InChI is InChI=1S/C22H24FNO3/c1-27-22-14-21(26)19(13-17(22)15-24-11-3-2-4-12-24)20(25)10-7-16-5-8-18(23)9-6-16/h5-10,13-14,26H,2-4,11-12,15H2,1H3/b10-7+.